The zero-order valence-corrected chi connectivity index (χ0v) is 7.00. The maximum Gasteiger partial charge on any atom is 0.231 e. The van der Waals surface area contributed by atoms with Crippen LogP contribution in [0.3, 0.4) is 0 Å². The Morgan fingerprint density at radius 1 is 1.15 bits per heavy atom. The second kappa shape index (κ2) is 2.22. The van der Waals surface area contributed by atoms with Crippen molar-refractivity contribution in [2.75, 3.05) is 19.1 Å². The third kappa shape index (κ3) is 0.798. The molecule has 2 aliphatic rings. The fourth-order valence-corrected chi connectivity index (χ4v) is 1.77. The molecule has 2 aliphatic heterocycles. The largest absolute Gasteiger partial charge is 0.491 e. The SMILES string of the molecule is Nc1cc2c(c3c1OCC3)OCO2. The van der Waals surface area contributed by atoms with Gasteiger partial charge >= 0.3 is 0 Å². The summed E-state index contributed by atoms with van der Waals surface area (Å²) in [7, 11) is 0. The minimum Gasteiger partial charge on any atom is -0.491 e. The highest BCUT2D eigenvalue weighted by Gasteiger charge is 2.27. The number of ether oxygens (including phenoxy) is 3. The van der Waals surface area contributed by atoms with Crippen molar-refractivity contribution in [3.8, 4) is 17.2 Å². The highest BCUT2D eigenvalue weighted by Crippen LogP contribution is 2.46. The summed E-state index contributed by atoms with van der Waals surface area (Å²) in [5, 5.41) is 0. The van der Waals surface area contributed by atoms with Gasteiger partial charge < -0.3 is 19.9 Å². The van der Waals surface area contributed by atoms with Gasteiger partial charge in [0.25, 0.3) is 0 Å². The molecule has 1 aromatic carbocycles. The van der Waals surface area contributed by atoms with Gasteiger partial charge in [0, 0.05) is 18.1 Å². The van der Waals surface area contributed by atoms with Crippen molar-refractivity contribution in [1.29, 1.82) is 0 Å². The Balaban J connectivity index is 2.28. The Bertz CT molecular complexity index is 376. The lowest BCUT2D eigenvalue weighted by Crippen LogP contribution is -1.94. The van der Waals surface area contributed by atoms with Crippen molar-refractivity contribution < 1.29 is 14.2 Å². The zero-order valence-electron chi connectivity index (χ0n) is 7.00. The van der Waals surface area contributed by atoms with E-state index in [4.69, 9.17) is 19.9 Å². The van der Waals surface area contributed by atoms with Gasteiger partial charge in [-0.2, -0.15) is 0 Å². The molecule has 0 saturated carbocycles. The molecule has 0 atom stereocenters. The van der Waals surface area contributed by atoms with Gasteiger partial charge in [0.1, 0.15) is 5.75 Å². The lowest BCUT2D eigenvalue weighted by molar-refractivity contribution is 0.173. The molecule has 0 spiro atoms. The van der Waals surface area contributed by atoms with E-state index in [1.165, 1.54) is 0 Å². The molecule has 13 heavy (non-hydrogen) atoms. The highest BCUT2D eigenvalue weighted by molar-refractivity contribution is 5.69. The Morgan fingerprint density at radius 2 is 2.08 bits per heavy atom. The molecule has 0 saturated heterocycles. The van der Waals surface area contributed by atoms with Gasteiger partial charge in [0.15, 0.2) is 11.5 Å². The molecule has 68 valence electrons. The van der Waals surface area contributed by atoms with Gasteiger partial charge in [0.05, 0.1) is 12.3 Å². The predicted molar refractivity (Wildman–Crippen MR) is 46.2 cm³/mol. The van der Waals surface area contributed by atoms with Crippen molar-refractivity contribution in [1.82, 2.24) is 0 Å². The zero-order chi connectivity index (χ0) is 8.84. The van der Waals surface area contributed by atoms with Crippen molar-refractivity contribution in [3.63, 3.8) is 0 Å². The van der Waals surface area contributed by atoms with Crippen LogP contribution in [-0.4, -0.2) is 13.4 Å². The standard InChI is InChI=1S/C9H9NO3/c10-6-3-7-9(13-4-12-7)5-1-2-11-8(5)6/h3H,1-2,4,10H2. The molecule has 1 aromatic rings. The average Bonchev–Trinajstić information content (AvgIpc) is 2.66. The molecule has 0 aliphatic carbocycles. The van der Waals surface area contributed by atoms with Gasteiger partial charge in [-0.3, -0.25) is 0 Å². The Labute approximate surface area is 75.2 Å². The number of nitrogens with two attached hydrogens (primary N) is 1. The van der Waals surface area contributed by atoms with Gasteiger partial charge in [-0.15, -0.1) is 0 Å². The second-order valence-corrected chi connectivity index (χ2v) is 3.11. The molecule has 3 rings (SSSR count). The van der Waals surface area contributed by atoms with Gasteiger partial charge in [-0.05, 0) is 0 Å². The number of fused-ring (bicyclic) bond motifs is 3. The van der Waals surface area contributed by atoms with Crippen molar-refractivity contribution in [3.05, 3.63) is 11.6 Å². The molecule has 0 amide bonds. The first-order valence-electron chi connectivity index (χ1n) is 4.20. The average molecular weight is 179 g/mol. The van der Waals surface area contributed by atoms with Crippen LogP contribution in [0.5, 0.6) is 17.2 Å². The fourth-order valence-electron chi connectivity index (χ4n) is 1.77. The molecule has 0 radical (unpaired) electrons. The Hall–Kier alpha value is -1.58. The normalized spacial score (nSPS) is 16.9. The maximum absolute atomic E-state index is 5.78. The van der Waals surface area contributed by atoms with Crippen molar-refractivity contribution in [2.45, 2.75) is 6.42 Å². The molecule has 0 unspecified atom stereocenters. The number of rotatable bonds is 0. The van der Waals surface area contributed by atoms with Crippen LogP contribution < -0.4 is 19.9 Å². The summed E-state index contributed by atoms with van der Waals surface area (Å²) in [5.41, 5.74) is 7.47. The monoisotopic (exact) mass is 179 g/mol. The molecule has 4 nitrogen and oxygen atoms in total. The number of hydrogen-bond donors (Lipinski definition) is 1. The van der Waals surface area contributed by atoms with Crippen molar-refractivity contribution >= 4 is 5.69 Å². The Morgan fingerprint density at radius 3 is 3.00 bits per heavy atom. The van der Waals surface area contributed by atoms with Gasteiger partial charge in [0.2, 0.25) is 6.79 Å². The summed E-state index contributed by atoms with van der Waals surface area (Å²) >= 11 is 0. The van der Waals surface area contributed by atoms with E-state index in [2.05, 4.69) is 0 Å². The van der Waals surface area contributed by atoms with Crippen molar-refractivity contribution in [2.24, 2.45) is 0 Å². The van der Waals surface area contributed by atoms with E-state index in [0.29, 0.717) is 12.3 Å². The Kier molecular flexibility index (Phi) is 1.17. The molecule has 2 N–H and O–H groups in total. The van der Waals surface area contributed by atoms with E-state index < -0.39 is 0 Å². The quantitative estimate of drug-likeness (QED) is 0.602. The van der Waals surface area contributed by atoms with Crippen LogP contribution >= 0.6 is 0 Å². The van der Waals surface area contributed by atoms with Crippen LogP contribution in [0.25, 0.3) is 0 Å². The van der Waals surface area contributed by atoms with E-state index in [0.717, 1.165) is 29.2 Å². The number of benzene rings is 1. The first-order chi connectivity index (χ1) is 6.36. The second-order valence-electron chi connectivity index (χ2n) is 3.11. The van der Waals surface area contributed by atoms with Crippen LogP contribution in [-0.2, 0) is 6.42 Å². The predicted octanol–water partition coefficient (Wildman–Crippen LogP) is 0.932. The number of anilines is 1. The molecule has 0 aromatic heterocycles. The summed E-state index contributed by atoms with van der Waals surface area (Å²) in [4.78, 5) is 0. The van der Waals surface area contributed by atoms with Crippen LogP contribution in [0.15, 0.2) is 6.07 Å². The van der Waals surface area contributed by atoms with E-state index in [-0.39, 0.29) is 6.79 Å². The topological polar surface area (TPSA) is 53.7 Å². The highest BCUT2D eigenvalue weighted by atomic mass is 16.7. The fraction of sp³-hybridized carbons (Fsp3) is 0.333. The van der Waals surface area contributed by atoms with E-state index >= 15 is 0 Å². The molecule has 0 fully saturated rings. The maximum atomic E-state index is 5.78. The van der Waals surface area contributed by atoms with Crippen LogP contribution in [0, 0.1) is 0 Å². The summed E-state index contributed by atoms with van der Waals surface area (Å²) in [6.07, 6.45) is 0.853. The van der Waals surface area contributed by atoms with Crippen LogP contribution in [0.2, 0.25) is 0 Å². The van der Waals surface area contributed by atoms with Gasteiger partial charge in [-0.25, -0.2) is 0 Å². The molecular formula is C9H9NO3. The van der Waals surface area contributed by atoms with Crippen LogP contribution in [0.1, 0.15) is 5.56 Å². The first kappa shape index (κ1) is 6.88. The molecule has 2 heterocycles. The van der Waals surface area contributed by atoms with E-state index in [1.54, 1.807) is 6.07 Å². The third-order valence-electron chi connectivity index (χ3n) is 2.34. The summed E-state index contributed by atoms with van der Waals surface area (Å²) in [6.45, 7) is 0.963. The summed E-state index contributed by atoms with van der Waals surface area (Å²) in [5.74, 6) is 2.31. The number of hydrogen-bond acceptors (Lipinski definition) is 4. The molecule has 0 bridgehead atoms. The minimum atomic E-state index is 0.283. The van der Waals surface area contributed by atoms with Gasteiger partial charge in [-0.1, -0.05) is 0 Å². The lowest BCUT2D eigenvalue weighted by Gasteiger charge is -2.05. The minimum absolute atomic E-state index is 0.283. The van der Waals surface area contributed by atoms with E-state index in [1.807, 2.05) is 0 Å². The third-order valence-corrected chi connectivity index (χ3v) is 2.34. The molecular weight excluding hydrogens is 170 g/mol. The molecule has 4 heteroatoms. The smallest absolute Gasteiger partial charge is 0.231 e. The lowest BCUT2D eigenvalue weighted by atomic mass is 10.1. The first-order valence-corrected chi connectivity index (χ1v) is 4.20. The summed E-state index contributed by atoms with van der Waals surface area (Å²) in [6, 6.07) is 1.76. The van der Waals surface area contributed by atoms with E-state index in [9.17, 15) is 0 Å². The van der Waals surface area contributed by atoms with Crippen LogP contribution in [0.4, 0.5) is 5.69 Å². The number of nitrogen functional groups attached to an aromatic ring is 1. The summed E-state index contributed by atoms with van der Waals surface area (Å²) < 4.78 is 16.0.